The number of rotatable bonds is 42. The first-order valence-corrected chi connectivity index (χ1v) is 51.7. The van der Waals surface area contributed by atoms with Gasteiger partial charge >= 0.3 is 7.12 Å². The summed E-state index contributed by atoms with van der Waals surface area (Å²) in [6.45, 7) is 38.0. The van der Waals surface area contributed by atoms with E-state index in [0.717, 1.165) is 220 Å². The number of unbranched alkanes of at least 4 members (excludes halogenated alkanes) is 7. The van der Waals surface area contributed by atoms with Crippen molar-refractivity contribution >= 4 is 131 Å². The topological polar surface area (TPSA) is 115 Å². The highest BCUT2D eigenvalue weighted by Crippen LogP contribution is 2.52. The summed E-state index contributed by atoms with van der Waals surface area (Å²) in [6, 6.07) is 76.0. The van der Waals surface area contributed by atoms with Crippen molar-refractivity contribution in [2.24, 2.45) is 23.7 Å². The maximum Gasteiger partial charge on any atom is 0.494 e. The number of benzene rings is 8. The molecule has 0 aliphatic carbocycles. The molecule has 1 fully saturated rings. The molecule has 10 aromatic rings. The minimum absolute atomic E-state index is 0.0116. The largest absolute Gasteiger partial charge is 0.494 e. The summed E-state index contributed by atoms with van der Waals surface area (Å²) in [6.07, 6.45) is 22.2. The fourth-order valence-electron chi connectivity index (χ4n) is 18.5. The number of carbonyl (C=O) groups excluding carboxylic acids is 4. The molecular weight excluding hydrogens is 1730 g/mol. The van der Waals surface area contributed by atoms with E-state index >= 15 is 0 Å². The lowest BCUT2D eigenvalue weighted by atomic mass is 9.79. The molecule has 8 aromatic carbocycles. The lowest BCUT2D eigenvalue weighted by Gasteiger charge is -2.32. The molecule has 1 saturated heterocycles. The standard InChI is InChI=1S/C52H59N3O2S.C32H41BrN2O2S.C31H40BNO3/c1-7-11-14-38(9-3)34-53-49-47(51(56)54(35-39(10-4)15-12-8-2)50(49)48(52(53)57)46-16-13-33-58-46)42-23-21-40(22-24-42)41-25-31-45(32-26-41)55(43-27-17-36(5)18-28-43)44-29-19-37(6)20-30-44;1-5-9-12-22(7-3)20-34-29-27(24-15-17-25(33)18-16-24)31(36)35(21-23(8-4)13-10-6-2)30(29)28(32(34)37)26-14-11-19-38-26;1-7-8-9-10-23-34-29-21-19-28(20-22-29)33(26-15-11-24(2)12-16-26)27-17-13-25(14-18-27)32-35-30(3,4)31(5,6)36-32/h13,16-33,38-39H,7-12,14-15,34-35H2,1-6H3;11,14-19,22-23H,5-10,12-13,20-21H2,1-4H3;11-22H,7-10,23H2,1-6H3. The van der Waals surface area contributed by atoms with Crippen molar-refractivity contribution in [1.29, 1.82) is 0 Å². The summed E-state index contributed by atoms with van der Waals surface area (Å²) in [5.74, 6) is 2.54. The third-order valence-electron chi connectivity index (χ3n) is 27.5. The first kappa shape index (κ1) is 99.3. The maximum absolute atomic E-state index is 15.0. The predicted molar refractivity (Wildman–Crippen MR) is 558 cm³/mol. The molecule has 15 rings (SSSR count). The zero-order valence-electron chi connectivity index (χ0n) is 81.2. The van der Waals surface area contributed by atoms with Crippen LogP contribution in [-0.4, -0.2) is 94.3 Å². The van der Waals surface area contributed by atoms with Crippen molar-refractivity contribution in [3.8, 4) is 16.9 Å². The van der Waals surface area contributed by atoms with Crippen LogP contribution in [0.25, 0.3) is 33.4 Å². The number of nitrogens with zero attached hydrogens (tertiary/aromatic N) is 6. The van der Waals surface area contributed by atoms with Gasteiger partial charge in [-0.2, -0.15) is 0 Å². The Bertz CT molecular complexity index is 5530. The molecule has 0 bridgehead atoms. The highest BCUT2D eigenvalue weighted by Gasteiger charge is 2.54. The van der Waals surface area contributed by atoms with Crippen LogP contribution in [0.2, 0.25) is 0 Å². The maximum atomic E-state index is 15.0. The van der Waals surface area contributed by atoms with Crippen LogP contribution in [0.1, 0.15) is 256 Å². The molecule has 4 amide bonds. The Morgan fingerprint density at radius 2 is 0.636 bits per heavy atom. The monoisotopic (exact) mass is 1870 g/mol. The second-order valence-electron chi connectivity index (χ2n) is 37.6. The molecule has 694 valence electrons. The Kier molecular flexibility index (Phi) is 35.1. The minimum Gasteiger partial charge on any atom is -0.494 e. The van der Waals surface area contributed by atoms with E-state index < -0.39 is 0 Å². The molecule has 13 nitrogen and oxygen atoms in total. The lowest BCUT2D eigenvalue weighted by molar-refractivity contribution is -0.124. The van der Waals surface area contributed by atoms with Crippen molar-refractivity contribution in [3.05, 3.63) is 294 Å². The normalized spacial score (nSPS) is 16.0. The van der Waals surface area contributed by atoms with E-state index in [-0.39, 0.29) is 41.9 Å². The molecule has 5 aliphatic rings. The van der Waals surface area contributed by atoms with Crippen LogP contribution in [0, 0.1) is 44.4 Å². The Labute approximate surface area is 805 Å². The van der Waals surface area contributed by atoms with Gasteiger partial charge in [0, 0.05) is 74.5 Å². The fraction of sp³-hybridized carbons (Fsp3) is 0.409. The average molecular weight is 1870 g/mol. The van der Waals surface area contributed by atoms with Crippen LogP contribution in [0.5, 0.6) is 5.75 Å². The molecule has 132 heavy (non-hydrogen) atoms. The molecule has 0 saturated carbocycles. The molecule has 5 aliphatic heterocycles. The predicted octanol–water partition coefficient (Wildman–Crippen LogP) is 30.2. The van der Waals surface area contributed by atoms with Gasteiger partial charge in [0.25, 0.3) is 23.6 Å². The summed E-state index contributed by atoms with van der Waals surface area (Å²) < 4.78 is 19.4. The molecule has 0 spiro atoms. The fourth-order valence-corrected chi connectivity index (χ4v) is 20.3. The van der Waals surface area contributed by atoms with Gasteiger partial charge in [-0.1, -0.05) is 300 Å². The van der Waals surface area contributed by atoms with Crippen molar-refractivity contribution in [3.63, 3.8) is 0 Å². The first-order valence-electron chi connectivity index (χ1n) is 49.2. The summed E-state index contributed by atoms with van der Waals surface area (Å²) in [7, 11) is -0.370. The zero-order valence-corrected chi connectivity index (χ0v) is 84.5. The molecule has 0 N–H and O–H groups in total. The van der Waals surface area contributed by atoms with Crippen LogP contribution >= 0.6 is 38.6 Å². The van der Waals surface area contributed by atoms with Crippen molar-refractivity contribution in [1.82, 2.24) is 19.6 Å². The highest BCUT2D eigenvalue weighted by molar-refractivity contribution is 9.10. The summed E-state index contributed by atoms with van der Waals surface area (Å²) in [5.41, 5.74) is 20.5. The van der Waals surface area contributed by atoms with Gasteiger partial charge < -0.3 is 43.4 Å². The quantitative estimate of drug-likeness (QED) is 0.0272. The molecule has 4 unspecified atom stereocenters. The molecule has 0 radical (unpaired) electrons. The molecule has 4 atom stereocenters. The van der Waals surface area contributed by atoms with Crippen molar-refractivity contribution in [2.75, 3.05) is 42.6 Å². The van der Waals surface area contributed by atoms with E-state index in [0.29, 0.717) is 72.1 Å². The second kappa shape index (κ2) is 46.7. The lowest BCUT2D eigenvalue weighted by Crippen LogP contribution is -2.41. The van der Waals surface area contributed by atoms with Gasteiger partial charge in [-0.15, -0.1) is 22.7 Å². The van der Waals surface area contributed by atoms with Crippen LogP contribution in [-0.2, 0) is 28.5 Å². The van der Waals surface area contributed by atoms with Gasteiger partial charge in [0.1, 0.15) is 5.75 Å². The Balaban J connectivity index is 0.000000176. The van der Waals surface area contributed by atoms with Gasteiger partial charge in [-0.05, 0) is 252 Å². The van der Waals surface area contributed by atoms with E-state index in [9.17, 15) is 19.2 Å². The number of amides is 4. The number of anilines is 6. The van der Waals surface area contributed by atoms with E-state index in [1.165, 1.54) is 36.0 Å². The van der Waals surface area contributed by atoms with E-state index in [1.54, 1.807) is 22.7 Å². The van der Waals surface area contributed by atoms with Crippen LogP contribution in [0.3, 0.4) is 0 Å². The Hall–Kier alpha value is -10.1. The Morgan fingerprint density at radius 3 is 0.955 bits per heavy atom. The van der Waals surface area contributed by atoms with Gasteiger partial charge in [0.05, 0.1) is 62.9 Å². The van der Waals surface area contributed by atoms with Crippen LogP contribution in [0.4, 0.5) is 34.1 Å². The third-order valence-corrected chi connectivity index (χ3v) is 29.8. The van der Waals surface area contributed by atoms with Gasteiger partial charge in [-0.25, -0.2) is 0 Å². The van der Waals surface area contributed by atoms with E-state index in [1.807, 2.05) is 78.9 Å². The zero-order chi connectivity index (χ0) is 93.8. The number of carbonyl (C=O) groups is 4. The number of ether oxygens (including phenoxy) is 1. The highest BCUT2D eigenvalue weighted by atomic mass is 79.9. The number of hydrogen-bond donors (Lipinski definition) is 0. The molecule has 2 aromatic heterocycles. The van der Waals surface area contributed by atoms with E-state index in [2.05, 4.69) is 306 Å². The SMILES string of the molecule is CCCCC(CC)CN1C(=O)C(c2cccs2)=C2C1=C(c1ccc(-c3ccc(N(c4ccc(C)cc4)c4ccc(C)cc4)cc3)cc1)C(=O)N2CC(CC)CCCC.CCCCC(CC)CN1C(=O)C(c2cccs2)=C2C1=C(c1ccc(Br)cc1)C(=O)N2CC(CC)CCCC.CCCCCCOc1ccc(N(c2ccc(C)cc2)c2ccc(B3OC(C)(C)C(C)(C)O3)cc2)cc1. The van der Waals surface area contributed by atoms with E-state index in [4.69, 9.17) is 14.0 Å². The van der Waals surface area contributed by atoms with Gasteiger partial charge in [-0.3, -0.25) is 19.2 Å². The summed E-state index contributed by atoms with van der Waals surface area (Å²) in [4.78, 5) is 72.6. The smallest absolute Gasteiger partial charge is 0.494 e. The van der Waals surface area contributed by atoms with Crippen molar-refractivity contribution < 1.29 is 33.2 Å². The molecule has 17 heteroatoms. The van der Waals surface area contributed by atoms with Gasteiger partial charge in [0.2, 0.25) is 0 Å². The minimum atomic E-state index is -0.370. The molecular formula is C115H140BBrN6O7S2. The third kappa shape index (κ3) is 23.3. The number of hydrogen-bond acceptors (Lipinski definition) is 11. The number of fused-ring (bicyclic) bond motifs is 2. The second-order valence-corrected chi connectivity index (χ2v) is 40.4. The van der Waals surface area contributed by atoms with Crippen molar-refractivity contribution in [2.45, 2.75) is 250 Å². The Morgan fingerprint density at radius 1 is 0.348 bits per heavy atom. The number of thiophene rings is 2. The summed E-state index contributed by atoms with van der Waals surface area (Å²) >= 11 is 6.71. The number of aryl methyl sites for hydroxylation is 3. The number of halogens is 1. The summed E-state index contributed by atoms with van der Waals surface area (Å²) in [5, 5.41) is 4.05. The van der Waals surface area contributed by atoms with Crippen LogP contribution in [0.15, 0.2) is 256 Å². The van der Waals surface area contributed by atoms with Gasteiger partial charge in [0.15, 0.2) is 0 Å². The molecule has 7 heterocycles. The van der Waals surface area contributed by atoms with Crippen LogP contribution < -0.4 is 20.0 Å². The average Bonchev–Trinajstić information content (AvgIpc) is 1.56. The first-order chi connectivity index (χ1) is 63.9.